The van der Waals surface area contributed by atoms with Crippen LogP contribution in [0.5, 0.6) is 0 Å². The third-order valence-electron chi connectivity index (χ3n) is 7.56. The second-order valence-corrected chi connectivity index (χ2v) is 13.6. The van der Waals surface area contributed by atoms with E-state index in [9.17, 15) is 14.4 Å². The first-order chi connectivity index (χ1) is 19.4. The van der Waals surface area contributed by atoms with Crippen molar-refractivity contribution in [2.75, 3.05) is 6.54 Å². The maximum Gasteiger partial charge on any atom is 0.246 e. The fourth-order valence-corrected chi connectivity index (χ4v) is 6.45. The molecule has 1 saturated heterocycles. The second-order valence-electron chi connectivity index (χ2n) is 11.8. The minimum absolute atomic E-state index is 0.167. The highest BCUT2D eigenvalue weighted by Gasteiger charge is 2.42. The predicted molar refractivity (Wildman–Crippen MR) is 167 cm³/mol. The van der Waals surface area contributed by atoms with Crippen LogP contribution in [0.2, 0.25) is 0 Å². The monoisotopic (exact) mass is 638 g/mol. The van der Waals surface area contributed by atoms with Gasteiger partial charge in [-0.25, -0.2) is 4.98 Å². The molecule has 0 aliphatic carbocycles. The van der Waals surface area contributed by atoms with Crippen LogP contribution in [0.15, 0.2) is 58.5 Å². The summed E-state index contributed by atoms with van der Waals surface area (Å²) in [5.74, 6) is -0.550. The van der Waals surface area contributed by atoms with Crippen molar-refractivity contribution in [1.82, 2.24) is 20.5 Å². The smallest absolute Gasteiger partial charge is 0.246 e. The molecule has 2 N–H and O–H groups in total. The largest absolute Gasteiger partial charge is 0.348 e. The Morgan fingerprint density at radius 1 is 1.12 bits per heavy atom. The lowest BCUT2D eigenvalue weighted by molar-refractivity contribution is -0.144. The maximum atomic E-state index is 13.8. The van der Waals surface area contributed by atoms with Crippen LogP contribution in [0.3, 0.4) is 0 Å². The summed E-state index contributed by atoms with van der Waals surface area (Å²) < 4.78 is 0.967. The molecule has 218 valence electrons. The highest BCUT2D eigenvalue weighted by atomic mass is 79.9. The molecule has 3 aromatic rings. The molecule has 3 amide bonds. The first-order valence-corrected chi connectivity index (χ1v) is 15.8. The standard InChI is InChI=1S/C32H39BrN4O3S/c1-20(23-12-14-24(15-13-23)28-21(2)34-19-41-28)35-30(39)26-10-7-17-37(26)31(40)29(32(3,4)5)36-27(38)16-11-22-8-6-9-25(33)18-22/h6,8-9,12-15,18-20,26,29H,7,10-11,16-17H2,1-5H3,(H,35,39)(H,36,38)/t20-,26-,29?/m0/s1. The number of thiazole rings is 1. The lowest BCUT2D eigenvalue weighted by atomic mass is 9.85. The molecular weight excluding hydrogens is 600 g/mol. The maximum absolute atomic E-state index is 13.8. The zero-order valence-corrected chi connectivity index (χ0v) is 26.8. The molecule has 41 heavy (non-hydrogen) atoms. The lowest BCUT2D eigenvalue weighted by Crippen LogP contribution is -2.57. The lowest BCUT2D eigenvalue weighted by Gasteiger charge is -2.35. The Bertz CT molecular complexity index is 1380. The summed E-state index contributed by atoms with van der Waals surface area (Å²) in [6.07, 6.45) is 2.20. The Morgan fingerprint density at radius 2 is 1.85 bits per heavy atom. The molecule has 7 nitrogen and oxygen atoms in total. The fourth-order valence-electron chi connectivity index (χ4n) is 5.20. The molecule has 2 aromatic carbocycles. The number of halogens is 1. The molecule has 4 rings (SSSR count). The molecule has 0 radical (unpaired) electrons. The van der Waals surface area contributed by atoms with E-state index in [0.29, 0.717) is 19.4 Å². The average molecular weight is 640 g/mol. The van der Waals surface area contributed by atoms with Gasteiger partial charge in [-0.2, -0.15) is 0 Å². The number of amides is 3. The number of hydrogen-bond donors (Lipinski definition) is 2. The number of nitrogens with one attached hydrogen (secondary N) is 2. The summed E-state index contributed by atoms with van der Waals surface area (Å²) in [6.45, 7) is 10.3. The number of carbonyl (C=O) groups excluding carboxylic acids is 3. The van der Waals surface area contributed by atoms with Crippen molar-refractivity contribution < 1.29 is 14.4 Å². The number of hydrogen-bond acceptors (Lipinski definition) is 5. The zero-order chi connectivity index (χ0) is 29.7. The Hall–Kier alpha value is -3.04. The van der Waals surface area contributed by atoms with Crippen LogP contribution >= 0.6 is 27.3 Å². The minimum Gasteiger partial charge on any atom is -0.348 e. The predicted octanol–water partition coefficient (Wildman–Crippen LogP) is 6.21. The molecule has 3 atom stereocenters. The highest BCUT2D eigenvalue weighted by Crippen LogP contribution is 2.29. The third kappa shape index (κ3) is 7.83. The third-order valence-corrected chi connectivity index (χ3v) is 9.03. The summed E-state index contributed by atoms with van der Waals surface area (Å²) >= 11 is 5.08. The number of rotatable bonds is 9. The van der Waals surface area contributed by atoms with Crippen LogP contribution in [-0.2, 0) is 20.8 Å². The van der Waals surface area contributed by atoms with Gasteiger partial charge in [0.05, 0.1) is 22.1 Å². The number of aromatic nitrogens is 1. The van der Waals surface area contributed by atoms with Gasteiger partial charge in [0.15, 0.2) is 0 Å². The van der Waals surface area contributed by atoms with Gasteiger partial charge in [0.25, 0.3) is 0 Å². The van der Waals surface area contributed by atoms with E-state index in [-0.39, 0.29) is 30.2 Å². The molecular formula is C32H39BrN4O3S. The quantitative estimate of drug-likeness (QED) is 0.291. The van der Waals surface area contributed by atoms with E-state index in [0.717, 1.165) is 38.2 Å². The first kappa shape index (κ1) is 30.9. The topological polar surface area (TPSA) is 91.4 Å². The van der Waals surface area contributed by atoms with E-state index in [1.54, 1.807) is 16.2 Å². The summed E-state index contributed by atoms with van der Waals surface area (Å²) in [5, 5.41) is 6.10. The zero-order valence-electron chi connectivity index (χ0n) is 24.4. The van der Waals surface area contributed by atoms with E-state index in [4.69, 9.17) is 0 Å². The first-order valence-electron chi connectivity index (χ1n) is 14.1. The molecule has 1 aliphatic heterocycles. The molecule has 1 aromatic heterocycles. The van der Waals surface area contributed by atoms with Crippen LogP contribution in [0, 0.1) is 12.3 Å². The van der Waals surface area contributed by atoms with Crippen molar-refractivity contribution in [2.24, 2.45) is 5.41 Å². The van der Waals surface area contributed by atoms with Gasteiger partial charge in [-0.3, -0.25) is 14.4 Å². The van der Waals surface area contributed by atoms with Crippen molar-refractivity contribution >= 4 is 45.0 Å². The summed E-state index contributed by atoms with van der Waals surface area (Å²) in [6, 6.07) is 14.5. The normalized spacial score (nSPS) is 16.7. The van der Waals surface area contributed by atoms with Crippen molar-refractivity contribution in [1.29, 1.82) is 0 Å². The molecule has 1 unspecified atom stereocenters. The average Bonchev–Trinajstić information content (AvgIpc) is 3.59. The Kier molecular flexibility index (Phi) is 10.0. The van der Waals surface area contributed by atoms with Crippen molar-refractivity contribution in [3.05, 3.63) is 75.3 Å². The van der Waals surface area contributed by atoms with E-state index in [1.807, 2.05) is 76.5 Å². The number of likely N-dealkylation sites (tertiary alicyclic amines) is 1. The fraction of sp³-hybridized carbons (Fsp3) is 0.438. The SMILES string of the molecule is Cc1ncsc1-c1ccc([C@H](C)NC(=O)[C@@H]2CCCN2C(=O)C(NC(=O)CCc2cccc(Br)c2)C(C)(C)C)cc1. The highest BCUT2D eigenvalue weighted by molar-refractivity contribution is 9.10. The van der Waals surface area contributed by atoms with Gasteiger partial charge in [-0.1, -0.05) is 73.1 Å². The van der Waals surface area contributed by atoms with Gasteiger partial charge in [0, 0.05) is 17.4 Å². The van der Waals surface area contributed by atoms with Crippen molar-refractivity contribution in [3.8, 4) is 10.4 Å². The van der Waals surface area contributed by atoms with Gasteiger partial charge in [-0.05, 0) is 67.3 Å². The Morgan fingerprint density at radius 3 is 2.49 bits per heavy atom. The molecule has 1 fully saturated rings. The summed E-state index contributed by atoms with van der Waals surface area (Å²) in [4.78, 5) is 47.3. The van der Waals surface area contributed by atoms with Gasteiger partial charge >= 0.3 is 0 Å². The molecule has 0 bridgehead atoms. The number of benzene rings is 2. The van der Waals surface area contributed by atoms with Crippen LogP contribution in [-0.4, -0.2) is 46.2 Å². The number of nitrogens with zero attached hydrogens (tertiary/aromatic N) is 2. The van der Waals surface area contributed by atoms with Gasteiger partial charge in [0.1, 0.15) is 12.1 Å². The van der Waals surface area contributed by atoms with Gasteiger partial charge in [-0.15, -0.1) is 11.3 Å². The van der Waals surface area contributed by atoms with Crippen molar-refractivity contribution in [3.63, 3.8) is 0 Å². The number of aryl methyl sites for hydroxylation is 2. The number of carbonyl (C=O) groups is 3. The van der Waals surface area contributed by atoms with E-state index < -0.39 is 17.5 Å². The van der Waals surface area contributed by atoms with Crippen LogP contribution in [0.25, 0.3) is 10.4 Å². The van der Waals surface area contributed by atoms with Crippen molar-refractivity contribution in [2.45, 2.75) is 78.4 Å². The van der Waals surface area contributed by atoms with Gasteiger partial charge in [0.2, 0.25) is 17.7 Å². The van der Waals surface area contributed by atoms with Gasteiger partial charge < -0.3 is 15.5 Å². The van der Waals surface area contributed by atoms with E-state index in [1.165, 1.54) is 0 Å². The molecule has 1 aliphatic rings. The molecule has 9 heteroatoms. The van der Waals surface area contributed by atoms with Crippen LogP contribution in [0.1, 0.15) is 69.8 Å². The van der Waals surface area contributed by atoms with E-state index >= 15 is 0 Å². The van der Waals surface area contributed by atoms with E-state index in [2.05, 4.69) is 43.7 Å². The summed E-state index contributed by atoms with van der Waals surface area (Å²) in [5.41, 5.74) is 5.47. The Labute approximate surface area is 255 Å². The molecule has 0 saturated carbocycles. The van der Waals surface area contributed by atoms with Crippen LogP contribution in [0.4, 0.5) is 0 Å². The minimum atomic E-state index is -0.730. The second kappa shape index (κ2) is 13.3. The molecule has 2 heterocycles. The van der Waals surface area contributed by atoms with Crippen LogP contribution < -0.4 is 10.6 Å². The Balaban J connectivity index is 1.39. The molecule has 0 spiro atoms. The summed E-state index contributed by atoms with van der Waals surface area (Å²) in [7, 11) is 0.